The summed E-state index contributed by atoms with van der Waals surface area (Å²) >= 11 is 6.01. The smallest absolute Gasteiger partial charge is 0.291 e. The molecular formula is C23H20ClN3O3. The fourth-order valence-electron chi connectivity index (χ4n) is 2.97. The van der Waals surface area contributed by atoms with E-state index in [1.54, 1.807) is 29.2 Å². The second kappa shape index (κ2) is 8.88. The monoisotopic (exact) mass is 421 g/mol. The number of amides is 1. The molecular weight excluding hydrogens is 402 g/mol. The number of nitrogens with zero attached hydrogens (tertiary/aromatic N) is 2. The average molecular weight is 422 g/mol. The number of hydrogen-bond donors (Lipinski definition) is 1. The van der Waals surface area contributed by atoms with E-state index < -0.39 is 0 Å². The number of rotatable bonds is 7. The highest BCUT2D eigenvalue weighted by molar-refractivity contribution is 6.30. The molecule has 0 saturated carbocycles. The predicted molar refractivity (Wildman–Crippen MR) is 115 cm³/mol. The lowest BCUT2D eigenvalue weighted by Gasteiger charge is -2.06. The van der Waals surface area contributed by atoms with Crippen LogP contribution in [0.15, 0.2) is 77.5 Å². The Hall–Kier alpha value is -3.51. The molecule has 0 aliphatic rings. The molecule has 2 heterocycles. The molecule has 0 radical (unpaired) electrons. The van der Waals surface area contributed by atoms with Crippen LogP contribution in [0.2, 0.25) is 5.02 Å². The third-order valence-corrected chi connectivity index (χ3v) is 4.71. The maximum atomic E-state index is 12.5. The standard InChI is InChI=1S/C23H20ClN3O3/c1-16-5-2-3-8-21(16)29-15-20-9-10-22(30-20)23(28)26-19-12-25-27(14-19)13-17-6-4-7-18(24)11-17/h2-12,14H,13,15H2,1H3,(H,26,28). The van der Waals surface area contributed by atoms with Crippen LogP contribution in [0.25, 0.3) is 0 Å². The molecule has 1 N–H and O–H groups in total. The van der Waals surface area contributed by atoms with E-state index in [2.05, 4.69) is 10.4 Å². The molecule has 6 nitrogen and oxygen atoms in total. The van der Waals surface area contributed by atoms with Gasteiger partial charge in [0.1, 0.15) is 18.1 Å². The molecule has 4 rings (SSSR count). The van der Waals surface area contributed by atoms with Crippen LogP contribution in [0.3, 0.4) is 0 Å². The normalized spacial score (nSPS) is 10.7. The summed E-state index contributed by atoms with van der Waals surface area (Å²) in [4.78, 5) is 12.5. The van der Waals surface area contributed by atoms with Gasteiger partial charge in [0.05, 0.1) is 18.4 Å². The molecule has 0 aliphatic carbocycles. The number of halogens is 1. The van der Waals surface area contributed by atoms with Gasteiger partial charge in [-0.05, 0) is 48.4 Å². The molecule has 0 unspecified atom stereocenters. The van der Waals surface area contributed by atoms with Gasteiger partial charge in [-0.15, -0.1) is 0 Å². The largest absolute Gasteiger partial charge is 0.485 e. The number of hydrogen-bond acceptors (Lipinski definition) is 4. The van der Waals surface area contributed by atoms with Crippen LogP contribution >= 0.6 is 11.6 Å². The summed E-state index contributed by atoms with van der Waals surface area (Å²) in [6.07, 6.45) is 3.34. The predicted octanol–water partition coefficient (Wildman–Crippen LogP) is 5.32. The Kier molecular flexibility index (Phi) is 5.86. The number of anilines is 1. The summed E-state index contributed by atoms with van der Waals surface area (Å²) in [6, 6.07) is 18.7. The van der Waals surface area contributed by atoms with Crippen molar-refractivity contribution in [2.24, 2.45) is 0 Å². The first kappa shape index (κ1) is 19.8. The summed E-state index contributed by atoms with van der Waals surface area (Å²) in [5, 5.41) is 7.74. The van der Waals surface area contributed by atoms with E-state index in [9.17, 15) is 4.79 Å². The number of aromatic nitrogens is 2. The summed E-state index contributed by atoms with van der Waals surface area (Å²) in [5.41, 5.74) is 2.64. The highest BCUT2D eigenvalue weighted by Crippen LogP contribution is 2.19. The lowest BCUT2D eigenvalue weighted by molar-refractivity contribution is 0.0992. The van der Waals surface area contributed by atoms with Crippen molar-refractivity contribution in [3.05, 3.63) is 101 Å². The van der Waals surface area contributed by atoms with Crippen molar-refractivity contribution in [3.8, 4) is 5.75 Å². The van der Waals surface area contributed by atoms with Crippen LogP contribution in [-0.4, -0.2) is 15.7 Å². The molecule has 7 heteroatoms. The van der Waals surface area contributed by atoms with Gasteiger partial charge in [0.15, 0.2) is 5.76 Å². The van der Waals surface area contributed by atoms with Crippen molar-refractivity contribution in [1.29, 1.82) is 0 Å². The Morgan fingerprint density at radius 1 is 1.17 bits per heavy atom. The molecule has 0 saturated heterocycles. The van der Waals surface area contributed by atoms with Crippen LogP contribution in [0.1, 0.15) is 27.4 Å². The molecule has 4 aromatic rings. The number of aryl methyl sites for hydroxylation is 1. The summed E-state index contributed by atoms with van der Waals surface area (Å²) in [6.45, 7) is 2.77. The molecule has 0 fully saturated rings. The molecule has 0 spiro atoms. The van der Waals surface area contributed by atoms with E-state index in [0.29, 0.717) is 23.0 Å². The van der Waals surface area contributed by atoms with Crippen LogP contribution in [-0.2, 0) is 13.2 Å². The van der Waals surface area contributed by atoms with E-state index >= 15 is 0 Å². The molecule has 0 atom stereocenters. The van der Waals surface area contributed by atoms with Gasteiger partial charge in [-0.3, -0.25) is 9.48 Å². The first-order chi connectivity index (χ1) is 14.6. The zero-order valence-corrected chi connectivity index (χ0v) is 17.1. The SMILES string of the molecule is Cc1ccccc1OCc1ccc(C(=O)Nc2cnn(Cc3cccc(Cl)c3)c2)o1. The number of furan rings is 1. The van der Waals surface area contributed by atoms with Crippen molar-refractivity contribution in [1.82, 2.24) is 9.78 Å². The third kappa shape index (κ3) is 4.90. The summed E-state index contributed by atoms with van der Waals surface area (Å²) in [5.74, 6) is 1.22. The first-order valence-corrected chi connectivity index (χ1v) is 9.80. The number of nitrogens with one attached hydrogen (secondary N) is 1. The highest BCUT2D eigenvalue weighted by Gasteiger charge is 2.13. The van der Waals surface area contributed by atoms with Gasteiger partial charge >= 0.3 is 0 Å². The Bertz CT molecular complexity index is 1170. The van der Waals surface area contributed by atoms with Crippen molar-refractivity contribution in [3.63, 3.8) is 0 Å². The number of carbonyl (C=O) groups excluding carboxylic acids is 1. The van der Waals surface area contributed by atoms with Gasteiger partial charge in [-0.25, -0.2) is 0 Å². The van der Waals surface area contributed by atoms with Crippen LogP contribution in [0, 0.1) is 6.92 Å². The minimum atomic E-state index is -0.348. The average Bonchev–Trinajstić information content (AvgIpc) is 3.37. The van der Waals surface area contributed by atoms with E-state index in [1.165, 1.54) is 0 Å². The maximum Gasteiger partial charge on any atom is 0.291 e. The number of benzene rings is 2. The van der Waals surface area contributed by atoms with Gasteiger partial charge < -0.3 is 14.5 Å². The van der Waals surface area contributed by atoms with E-state index in [4.69, 9.17) is 20.8 Å². The zero-order valence-electron chi connectivity index (χ0n) is 16.3. The lowest BCUT2D eigenvalue weighted by atomic mass is 10.2. The minimum absolute atomic E-state index is 0.209. The number of para-hydroxylation sites is 1. The Morgan fingerprint density at radius 3 is 2.87 bits per heavy atom. The summed E-state index contributed by atoms with van der Waals surface area (Å²) in [7, 11) is 0. The first-order valence-electron chi connectivity index (χ1n) is 9.42. The topological polar surface area (TPSA) is 69.3 Å². The van der Waals surface area contributed by atoms with E-state index in [0.717, 1.165) is 16.9 Å². The molecule has 0 aliphatic heterocycles. The second-order valence-corrected chi connectivity index (χ2v) is 7.27. The van der Waals surface area contributed by atoms with Crippen molar-refractivity contribution < 1.29 is 13.9 Å². The fourth-order valence-corrected chi connectivity index (χ4v) is 3.19. The van der Waals surface area contributed by atoms with Crippen LogP contribution < -0.4 is 10.1 Å². The zero-order chi connectivity index (χ0) is 20.9. The van der Waals surface area contributed by atoms with Gasteiger partial charge in [0.2, 0.25) is 0 Å². The third-order valence-electron chi connectivity index (χ3n) is 4.47. The summed E-state index contributed by atoms with van der Waals surface area (Å²) < 4.78 is 13.1. The molecule has 2 aromatic carbocycles. The molecule has 152 valence electrons. The molecule has 2 aromatic heterocycles. The molecule has 30 heavy (non-hydrogen) atoms. The number of ether oxygens (including phenoxy) is 1. The van der Waals surface area contributed by atoms with E-state index in [1.807, 2.05) is 55.5 Å². The van der Waals surface area contributed by atoms with Crippen molar-refractivity contribution in [2.75, 3.05) is 5.32 Å². The number of carbonyl (C=O) groups is 1. The Morgan fingerprint density at radius 2 is 2.03 bits per heavy atom. The lowest BCUT2D eigenvalue weighted by Crippen LogP contribution is -2.10. The van der Waals surface area contributed by atoms with Crippen molar-refractivity contribution in [2.45, 2.75) is 20.1 Å². The highest BCUT2D eigenvalue weighted by atomic mass is 35.5. The van der Waals surface area contributed by atoms with Crippen LogP contribution in [0.5, 0.6) is 5.75 Å². The van der Waals surface area contributed by atoms with Crippen LogP contribution in [0.4, 0.5) is 5.69 Å². The quantitative estimate of drug-likeness (QED) is 0.438. The van der Waals surface area contributed by atoms with Gasteiger partial charge in [0.25, 0.3) is 5.91 Å². The Labute approximate surface area is 179 Å². The molecule has 0 bridgehead atoms. The van der Waals surface area contributed by atoms with Gasteiger partial charge in [0, 0.05) is 11.2 Å². The molecule has 1 amide bonds. The van der Waals surface area contributed by atoms with E-state index in [-0.39, 0.29) is 18.3 Å². The Balaban J connectivity index is 1.34. The van der Waals surface area contributed by atoms with Gasteiger partial charge in [-0.1, -0.05) is 41.9 Å². The van der Waals surface area contributed by atoms with Crippen molar-refractivity contribution >= 4 is 23.2 Å². The second-order valence-electron chi connectivity index (χ2n) is 6.83. The van der Waals surface area contributed by atoms with Gasteiger partial charge in [-0.2, -0.15) is 5.10 Å². The maximum absolute atomic E-state index is 12.5. The minimum Gasteiger partial charge on any atom is -0.485 e. The fraction of sp³-hybridized carbons (Fsp3) is 0.130.